The smallest absolute Gasteiger partial charge is 0.221 e. The second-order valence-electron chi connectivity index (χ2n) is 3.92. The van der Waals surface area contributed by atoms with Crippen LogP contribution in [0, 0.1) is 4.77 Å². The van der Waals surface area contributed by atoms with Crippen molar-refractivity contribution < 1.29 is 4.79 Å². The van der Waals surface area contributed by atoms with Crippen LogP contribution in [0.15, 0.2) is 18.2 Å². The number of nitrogens with one attached hydrogen (secondary N) is 2. The number of carbonyl (C=O) groups is 1. The average molecular weight is 284 g/mol. The molecule has 18 heavy (non-hydrogen) atoms. The lowest BCUT2D eigenvalue weighted by atomic mass is 10.3. The molecule has 0 aliphatic carbocycles. The summed E-state index contributed by atoms with van der Waals surface area (Å²) in [5.41, 5.74) is 1.75. The minimum absolute atomic E-state index is 0.0146. The molecule has 1 aromatic heterocycles. The van der Waals surface area contributed by atoms with E-state index in [2.05, 4.69) is 10.3 Å². The summed E-state index contributed by atoms with van der Waals surface area (Å²) in [5, 5.41) is 3.40. The molecule has 0 bridgehead atoms. The van der Waals surface area contributed by atoms with Gasteiger partial charge in [0.2, 0.25) is 5.91 Å². The molecule has 1 aromatic carbocycles. The Hall–Kier alpha value is -1.33. The number of aromatic nitrogens is 2. The van der Waals surface area contributed by atoms with Crippen molar-refractivity contribution >= 4 is 40.8 Å². The summed E-state index contributed by atoms with van der Waals surface area (Å²) in [4.78, 5) is 14.6. The fourth-order valence-electron chi connectivity index (χ4n) is 1.89. The Labute approximate surface area is 115 Å². The van der Waals surface area contributed by atoms with Gasteiger partial charge < -0.3 is 14.9 Å². The van der Waals surface area contributed by atoms with Crippen LogP contribution in [0.4, 0.5) is 0 Å². The van der Waals surface area contributed by atoms with E-state index in [4.69, 9.17) is 23.8 Å². The third kappa shape index (κ3) is 2.57. The minimum atomic E-state index is 0.0146. The van der Waals surface area contributed by atoms with Crippen molar-refractivity contribution in [2.75, 3.05) is 6.54 Å². The van der Waals surface area contributed by atoms with Crippen LogP contribution in [-0.2, 0) is 11.3 Å². The summed E-state index contributed by atoms with van der Waals surface area (Å²) in [5.74, 6) is 0.0146. The summed E-state index contributed by atoms with van der Waals surface area (Å²) in [6.07, 6.45) is 0.389. The highest BCUT2D eigenvalue weighted by atomic mass is 35.5. The summed E-state index contributed by atoms with van der Waals surface area (Å²) >= 11 is 11.4. The molecule has 2 N–H and O–H groups in total. The van der Waals surface area contributed by atoms with Crippen LogP contribution >= 0.6 is 23.8 Å². The maximum Gasteiger partial charge on any atom is 0.221 e. The molecule has 2 aromatic rings. The normalized spacial score (nSPS) is 10.8. The van der Waals surface area contributed by atoms with Crippen molar-refractivity contribution in [1.29, 1.82) is 0 Å². The second kappa shape index (κ2) is 5.54. The summed E-state index contributed by atoms with van der Waals surface area (Å²) < 4.78 is 2.45. The maximum atomic E-state index is 11.5. The van der Waals surface area contributed by atoms with Crippen LogP contribution < -0.4 is 5.32 Å². The number of carbonyl (C=O) groups excluding carboxylic acids is 1. The Morgan fingerprint density at radius 3 is 3.06 bits per heavy atom. The Bertz CT molecular complexity index is 632. The molecule has 0 aliphatic rings. The number of imidazole rings is 1. The standard InChI is InChI=1S/C12H14ClN3OS/c1-2-14-10(17)6-7-16-11-8(13)4-3-5-9(11)15-12(16)18/h3-5H,2,6-7H2,1H3,(H,14,17)(H,15,18). The number of aryl methyl sites for hydroxylation is 1. The zero-order valence-corrected chi connectivity index (χ0v) is 11.6. The van der Waals surface area contributed by atoms with Crippen molar-refractivity contribution in [1.82, 2.24) is 14.9 Å². The van der Waals surface area contributed by atoms with Crippen LogP contribution in [0.3, 0.4) is 0 Å². The fourth-order valence-corrected chi connectivity index (χ4v) is 2.46. The summed E-state index contributed by atoms with van der Waals surface area (Å²) in [6.45, 7) is 3.05. The van der Waals surface area contributed by atoms with Gasteiger partial charge in [0.05, 0.1) is 16.1 Å². The predicted octanol–water partition coefficient (Wildman–Crippen LogP) is 2.88. The number of amides is 1. The number of aromatic amines is 1. The van der Waals surface area contributed by atoms with Gasteiger partial charge in [0.1, 0.15) is 0 Å². The molecule has 0 radical (unpaired) electrons. The van der Waals surface area contributed by atoms with Crippen LogP contribution in [-0.4, -0.2) is 22.0 Å². The first-order valence-corrected chi connectivity index (χ1v) is 6.56. The SMILES string of the molecule is CCNC(=O)CCn1c(=S)[nH]c2cccc(Cl)c21. The van der Waals surface area contributed by atoms with E-state index in [1.54, 1.807) is 0 Å². The van der Waals surface area contributed by atoms with E-state index < -0.39 is 0 Å². The molecule has 1 heterocycles. The van der Waals surface area contributed by atoms with Gasteiger partial charge in [-0.15, -0.1) is 0 Å². The first-order chi connectivity index (χ1) is 8.63. The topological polar surface area (TPSA) is 49.8 Å². The van der Waals surface area contributed by atoms with E-state index in [0.29, 0.717) is 29.3 Å². The molecule has 6 heteroatoms. The molecule has 0 atom stereocenters. The van der Waals surface area contributed by atoms with Crippen LogP contribution in [0.5, 0.6) is 0 Å². The number of nitrogens with zero attached hydrogens (tertiary/aromatic N) is 1. The second-order valence-corrected chi connectivity index (χ2v) is 4.72. The Balaban J connectivity index is 2.30. The van der Waals surface area contributed by atoms with E-state index in [-0.39, 0.29) is 5.91 Å². The van der Waals surface area contributed by atoms with Gasteiger partial charge in [-0.05, 0) is 31.3 Å². The van der Waals surface area contributed by atoms with E-state index in [0.717, 1.165) is 11.0 Å². The fraction of sp³-hybridized carbons (Fsp3) is 0.333. The van der Waals surface area contributed by atoms with Gasteiger partial charge in [0.25, 0.3) is 0 Å². The Kier molecular flexibility index (Phi) is 4.04. The highest BCUT2D eigenvalue weighted by Gasteiger charge is 2.09. The first kappa shape index (κ1) is 13.1. The number of hydrogen-bond acceptors (Lipinski definition) is 2. The van der Waals surface area contributed by atoms with Crippen molar-refractivity contribution in [2.45, 2.75) is 19.9 Å². The molecule has 0 unspecified atom stereocenters. The predicted molar refractivity (Wildman–Crippen MR) is 75.4 cm³/mol. The van der Waals surface area contributed by atoms with E-state index >= 15 is 0 Å². The molecular weight excluding hydrogens is 270 g/mol. The molecule has 0 aliphatic heterocycles. The monoisotopic (exact) mass is 283 g/mol. The zero-order chi connectivity index (χ0) is 13.1. The number of H-pyrrole nitrogens is 1. The zero-order valence-electron chi connectivity index (χ0n) is 10.00. The minimum Gasteiger partial charge on any atom is -0.356 e. The molecule has 4 nitrogen and oxygen atoms in total. The van der Waals surface area contributed by atoms with Gasteiger partial charge in [-0.25, -0.2) is 0 Å². The number of fused-ring (bicyclic) bond motifs is 1. The Morgan fingerprint density at radius 2 is 2.33 bits per heavy atom. The van der Waals surface area contributed by atoms with Crippen molar-refractivity contribution in [3.63, 3.8) is 0 Å². The highest BCUT2D eigenvalue weighted by Crippen LogP contribution is 2.23. The Morgan fingerprint density at radius 1 is 1.56 bits per heavy atom. The van der Waals surface area contributed by atoms with Crippen LogP contribution in [0.25, 0.3) is 11.0 Å². The third-order valence-electron chi connectivity index (χ3n) is 2.68. The molecule has 96 valence electrons. The maximum absolute atomic E-state index is 11.5. The van der Waals surface area contributed by atoms with Crippen molar-refractivity contribution in [2.24, 2.45) is 0 Å². The number of benzene rings is 1. The number of halogens is 1. The van der Waals surface area contributed by atoms with Gasteiger partial charge in [-0.1, -0.05) is 17.7 Å². The lowest BCUT2D eigenvalue weighted by Gasteiger charge is -2.05. The van der Waals surface area contributed by atoms with E-state index in [1.807, 2.05) is 29.7 Å². The van der Waals surface area contributed by atoms with Crippen molar-refractivity contribution in [3.05, 3.63) is 28.0 Å². The number of hydrogen-bond donors (Lipinski definition) is 2. The molecule has 2 rings (SSSR count). The molecular formula is C12H14ClN3OS. The van der Waals surface area contributed by atoms with Gasteiger partial charge in [-0.3, -0.25) is 4.79 Å². The molecule has 0 saturated carbocycles. The molecule has 0 fully saturated rings. The third-order valence-corrected chi connectivity index (χ3v) is 3.31. The van der Waals surface area contributed by atoms with Crippen LogP contribution in [0.2, 0.25) is 5.02 Å². The van der Waals surface area contributed by atoms with Crippen molar-refractivity contribution in [3.8, 4) is 0 Å². The molecule has 0 saturated heterocycles. The lowest BCUT2D eigenvalue weighted by molar-refractivity contribution is -0.121. The van der Waals surface area contributed by atoms with Gasteiger partial charge in [0, 0.05) is 19.5 Å². The van der Waals surface area contributed by atoms with E-state index in [1.165, 1.54) is 0 Å². The number of rotatable bonds is 4. The largest absolute Gasteiger partial charge is 0.356 e. The molecule has 1 amide bonds. The average Bonchev–Trinajstić information content (AvgIpc) is 2.64. The quantitative estimate of drug-likeness (QED) is 0.848. The van der Waals surface area contributed by atoms with Crippen LogP contribution in [0.1, 0.15) is 13.3 Å². The van der Waals surface area contributed by atoms with Gasteiger partial charge in [-0.2, -0.15) is 0 Å². The van der Waals surface area contributed by atoms with E-state index in [9.17, 15) is 4.79 Å². The summed E-state index contributed by atoms with van der Waals surface area (Å²) in [6, 6.07) is 5.60. The first-order valence-electron chi connectivity index (χ1n) is 5.77. The lowest BCUT2D eigenvalue weighted by Crippen LogP contribution is -2.23. The summed E-state index contributed by atoms with van der Waals surface area (Å²) in [7, 11) is 0. The molecule has 0 spiro atoms. The van der Waals surface area contributed by atoms with Gasteiger partial charge in [0.15, 0.2) is 4.77 Å². The number of para-hydroxylation sites is 1. The highest BCUT2D eigenvalue weighted by molar-refractivity contribution is 7.71. The van der Waals surface area contributed by atoms with Gasteiger partial charge >= 0.3 is 0 Å².